The molecule has 0 spiro atoms. The van der Waals surface area contributed by atoms with E-state index >= 15 is 0 Å². The molecule has 0 saturated carbocycles. The van der Waals surface area contributed by atoms with E-state index in [1.54, 1.807) is 11.3 Å². The third-order valence-corrected chi connectivity index (χ3v) is 6.03. The van der Waals surface area contributed by atoms with E-state index in [0.717, 1.165) is 32.0 Å². The molecule has 3 heterocycles. The van der Waals surface area contributed by atoms with Crippen LogP contribution in [0.2, 0.25) is 0 Å². The summed E-state index contributed by atoms with van der Waals surface area (Å²) in [6, 6.07) is 7.19. The van der Waals surface area contributed by atoms with E-state index in [0.29, 0.717) is 10.2 Å². The average Bonchev–Trinajstić information content (AvgIpc) is 3.27. The van der Waals surface area contributed by atoms with Crippen molar-refractivity contribution in [1.29, 1.82) is 0 Å². The quantitative estimate of drug-likeness (QED) is 0.535. The molecule has 0 atom stereocenters. The normalized spacial score (nSPS) is 11.1. The molecule has 1 N–H and O–H groups in total. The van der Waals surface area contributed by atoms with Gasteiger partial charge in [0.25, 0.3) is 5.56 Å². The van der Waals surface area contributed by atoms with Crippen molar-refractivity contribution in [1.82, 2.24) is 9.55 Å². The zero-order valence-corrected chi connectivity index (χ0v) is 16.2. The average molecular weight is 417 g/mol. The van der Waals surface area contributed by atoms with Gasteiger partial charge in [0.2, 0.25) is 5.91 Å². The molecule has 142 valence electrons. The van der Waals surface area contributed by atoms with Gasteiger partial charge in [-0.2, -0.15) is 0 Å². The number of carbonyl (C=O) groups excluding carboxylic acids is 1. The summed E-state index contributed by atoms with van der Waals surface area (Å²) in [7, 11) is 0. The first-order valence-corrected chi connectivity index (χ1v) is 9.91. The van der Waals surface area contributed by atoms with E-state index in [1.165, 1.54) is 23.7 Å². The van der Waals surface area contributed by atoms with Crippen molar-refractivity contribution in [2.75, 3.05) is 5.32 Å². The number of halogens is 2. The van der Waals surface area contributed by atoms with Crippen molar-refractivity contribution in [2.24, 2.45) is 0 Å². The molecule has 5 nitrogen and oxygen atoms in total. The molecule has 9 heteroatoms. The first-order chi connectivity index (χ1) is 13.4. The lowest BCUT2D eigenvalue weighted by atomic mass is 10.2. The van der Waals surface area contributed by atoms with Gasteiger partial charge in [-0.25, -0.2) is 13.8 Å². The van der Waals surface area contributed by atoms with Crippen molar-refractivity contribution in [2.45, 2.75) is 13.5 Å². The molecule has 0 bridgehead atoms. The van der Waals surface area contributed by atoms with Gasteiger partial charge in [0.1, 0.15) is 28.7 Å². The molecule has 3 aromatic heterocycles. The fourth-order valence-corrected chi connectivity index (χ4v) is 4.65. The van der Waals surface area contributed by atoms with Crippen LogP contribution < -0.4 is 10.9 Å². The summed E-state index contributed by atoms with van der Waals surface area (Å²) in [5, 5.41) is 4.47. The van der Waals surface area contributed by atoms with Crippen molar-refractivity contribution in [3.05, 3.63) is 68.9 Å². The Morgan fingerprint density at radius 1 is 1.21 bits per heavy atom. The molecule has 0 aliphatic heterocycles. The van der Waals surface area contributed by atoms with Crippen molar-refractivity contribution < 1.29 is 13.6 Å². The van der Waals surface area contributed by atoms with Gasteiger partial charge in [-0.1, -0.05) is 6.07 Å². The largest absolute Gasteiger partial charge is 0.320 e. The van der Waals surface area contributed by atoms with Crippen LogP contribution >= 0.6 is 22.7 Å². The first-order valence-electron chi connectivity index (χ1n) is 8.21. The second-order valence-corrected chi connectivity index (χ2v) is 8.21. The van der Waals surface area contributed by atoms with Crippen molar-refractivity contribution in [3.8, 4) is 10.4 Å². The van der Waals surface area contributed by atoms with Crippen molar-refractivity contribution in [3.63, 3.8) is 0 Å². The van der Waals surface area contributed by atoms with E-state index in [2.05, 4.69) is 10.3 Å². The van der Waals surface area contributed by atoms with Crippen molar-refractivity contribution >= 4 is 44.5 Å². The van der Waals surface area contributed by atoms with E-state index in [-0.39, 0.29) is 5.56 Å². The van der Waals surface area contributed by atoms with E-state index < -0.39 is 29.8 Å². The van der Waals surface area contributed by atoms with E-state index in [4.69, 9.17) is 0 Å². The first kappa shape index (κ1) is 18.5. The topological polar surface area (TPSA) is 64.0 Å². The molecule has 4 rings (SSSR count). The van der Waals surface area contributed by atoms with Gasteiger partial charge in [-0.3, -0.25) is 14.2 Å². The third-order valence-electron chi connectivity index (χ3n) is 4.11. The zero-order valence-electron chi connectivity index (χ0n) is 14.5. The highest BCUT2D eigenvalue weighted by molar-refractivity contribution is 7.19. The Labute approximate surface area is 165 Å². The van der Waals surface area contributed by atoms with Crippen LogP contribution in [-0.4, -0.2) is 15.5 Å². The minimum atomic E-state index is -0.887. The molecule has 0 aliphatic rings. The number of hydrogen-bond acceptors (Lipinski definition) is 5. The molecule has 4 aromatic rings. The number of anilines is 1. The maximum absolute atomic E-state index is 13.7. The number of aromatic nitrogens is 2. The molecule has 1 aromatic carbocycles. The predicted molar refractivity (Wildman–Crippen MR) is 107 cm³/mol. The summed E-state index contributed by atoms with van der Waals surface area (Å²) < 4.78 is 28.5. The number of fused-ring (bicyclic) bond motifs is 1. The van der Waals surface area contributed by atoms with Gasteiger partial charge in [0.15, 0.2) is 0 Å². The maximum atomic E-state index is 13.7. The molecule has 0 unspecified atom stereocenters. The minimum Gasteiger partial charge on any atom is -0.320 e. The number of benzene rings is 1. The number of rotatable bonds is 4. The van der Waals surface area contributed by atoms with Crippen LogP contribution in [0.4, 0.5) is 14.5 Å². The molecule has 28 heavy (non-hydrogen) atoms. The number of para-hydroxylation sites is 1. The monoisotopic (exact) mass is 417 g/mol. The van der Waals surface area contributed by atoms with Gasteiger partial charge in [0, 0.05) is 20.7 Å². The number of nitrogens with zero attached hydrogens (tertiary/aromatic N) is 2. The Morgan fingerprint density at radius 2 is 1.96 bits per heavy atom. The number of thiophene rings is 2. The van der Waals surface area contributed by atoms with Crippen LogP contribution in [-0.2, 0) is 11.3 Å². The second-order valence-electron chi connectivity index (χ2n) is 6.06. The third kappa shape index (κ3) is 3.34. The summed E-state index contributed by atoms with van der Waals surface area (Å²) in [6.07, 6.45) is 1.27. The second kappa shape index (κ2) is 7.25. The zero-order chi connectivity index (χ0) is 19.8. The molecule has 0 saturated heterocycles. The van der Waals surface area contributed by atoms with Crippen LogP contribution in [0.1, 0.15) is 4.88 Å². The van der Waals surface area contributed by atoms with Crippen LogP contribution in [0.15, 0.2) is 46.8 Å². The highest BCUT2D eigenvalue weighted by Gasteiger charge is 2.17. The highest BCUT2D eigenvalue weighted by atomic mass is 32.1. The number of hydrogen-bond donors (Lipinski definition) is 1. The van der Waals surface area contributed by atoms with Crippen LogP contribution in [0.25, 0.3) is 20.7 Å². The van der Waals surface area contributed by atoms with Crippen LogP contribution in [0.3, 0.4) is 0 Å². The fraction of sp³-hybridized carbons (Fsp3) is 0.105. The molecule has 0 radical (unpaired) electrons. The van der Waals surface area contributed by atoms with Gasteiger partial charge >= 0.3 is 0 Å². The predicted octanol–water partition coefficient (Wildman–Crippen LogP) is 4.41. The number of carbonyl (C=O) groups is 1. The minimum absolute atomic E-state index is 0.378. The Bertz CT molecular complexity index is 1240. The Kier molecular flexibility index (Phi) is 4.78. The summed E-state index contributed by atoms with van der Waals surface area (Å²) in [5.41, 5.74) is -0.151. The van der Waals surface area contributed by atoms with Gasteiger partial charge in [-0.15, -0.1) is 22.7 Å². The van der Waals surface area contributed by atoms with Gasteiger partial charge in [0.05, 0.1) is 11.7 Å². The Balaban J connectivity index is 1.67. The lowest BCUT2D eigenvalue weighted by Gasteiger charge is -2.09. The van der Waals surface area contributed by atoms with Gasteiger partial charge < -0.3 is 5.32 Å². The summed E-state index contributed by atoms with van der Waals surface area (Å²) in [6.45, 7) is 1.57. The van der Waals surface area contributed by atoms with E-state index in [9.17, 15) is 18.4 Å². The summed E-state index contributed by atoms with van der Waals surface area (Å²) in [5.74, 6) is -2.50. The number of nitrogens with one attached hydrogen (secondary N) is 1. The molecular formula is C19H13F2N3O2S2. The lowest BCUT2D eigenvalue weighted by molar-refractivity contribution is -0.116. The fourth-order valence-electron chi connectivity index (χ4n) is 2.79. The Morgan fingerprint density at radius 3 is 2.64 bits per heavy atom. The van der Waals surface area contributed by atoms with Gasteiger partial charge in [-0.05, 0) is 31.2 Å². The summed E-state index contributed by atoms with van der Waals surface area (Å²) >= 11 is 2.91. The maximum Gasteiger partial charge on any atom is 0.263 e. The summed E-state index contributed by atoms with van der Waals surface area (Å²) in [4.78, 5) is 32.0. The number of aryl methyl sites for hydroxylation is 1. The molecule has 0 fully saturated rings. The molecule has 1 amide bonds. The van der Waals surface area contributed by atoms with Crippen LogP contribution in [0.5, 0.6) is 0 Å². The highest BCUT2D eigenvalue weighted by Crippen LogP contribution is 2.34. The molecular weight excluding hydrogens is 404 g/mol. The van der Waals surface area contributed by atoms with E-state index in [1.807, 2.05) is 24.4 Å². The molecule has 0 aliphatic carbocycles. The number of amides is 1. The smallest absolute Gasteiger partial charge is 0.263 e. The SMILES string of the molecule is Cc1ccc(-c2csc3ncn(CC(=O)Nc4c(F)cccc4F)c(=O)c23)s1. The standard InChI is InChI=1S/C19H13F2N3O2S2/c1-10-5-6-14(28-10)11-8-27-18-16(11)19(26)24(9-22-18)7-15(25)23-17-12(20)3-2-4-13(17)21/h2-6,8-9H,7H2,1H3,(H,23,25). The van der Waals surface area contributed by atoms with Crippen LogP contribution in [0, 0.1) is 18.6 Å². The Hall–Kier alpha value is -2.91. The lowest BCUT2D eigenvalue weighted by Crippen LogP contribution is -2.28.